The van der Waals surface area contributed by atoms with Gasteiger partial charge in [0.05, 0.1) is 35.4 Å². The van der Waals surface area contributed by atoms with Crippen LogP contribution in [0.4, 0.5) is 8.78 Å². The second-order valence-corrected chi connectivity index (χ2v) is 20.3. The molecule has 5 atom stereocenters. The number of rotatable bonds is 7. The monoisotopic (exact) mass is 848 g/mol. The van der Waals surface area contributed by atoms with E-state index in [9.17, 15) is 36.4 Å². The number of aromatic nitrogens is 1. The fraction of sp³-hybridized carbons (Fsp3) is 0.634. The Morgan fingerprint density at radius 1 is 1.14 bits per heavy atom. The summed E-state index contributed by atoms with van der Waals surface area (Å²) in [6, 6.07) is 1.80. The number of alkyl halides is 2. The van der Waals surface area contributed by atoms with Crippen LogP contribution in [0, 0.1) is 11.8 Å². The first-order valence-electron chi connectivity index (χ1n) is 20.0. The third-order valence-corrected chi connectivity index (χ3v) is 14.8. The minimum absolute atomic E-state index is 0.130. The van der Waals surface area contributed by atoms with Gasteiger partial charge in [0.15, 0.2) is 5.75 Å². The van der Waals surface area contributed by atoms with Crippen molar-refractivity contribution >= 4 is 56.2 Å². The highest BCUT2D eigenvalue weighted by molar-refractivity contribution is 7.91. The van der Waals surface area contributed by atoms with E-state index in [4.69, 9.17) is 25.8 Å². The smallest absolute Gasteiger partial charge is 0.307 e. The zero-order chi connectivity index (χ0) is 42.0. The Hall–Kier alpha value is -4.05. The van der Waals surface area contributed by atoms with Gasteiger partial charge in [-0.05, 0) is 91.2 Å². The minimum Gasteiger partial charge on any atom is -0.495 e. The molecule has 3 aliphatic heterocycles. The highest BCUT2D eigenvalue weighted by atomic mass is 35.5. The van der Waals surface area contributed by atoms with Gasteiger partial charge < -0.3 is 24.4 Å². The normalized spacial score (nSPS) is 28.9. The van der Waals surface area contributed by atoms with Crippen molar-refractivity contribution in [2.75, 3.05) is 13.7 Å². The van der Waals surface area contributed by atoms with Crippen molar-refractivity contribution in [1.29, 1.82) is 0 Å². The maximum Gasteiger partial charge on any atom is 0.307 e. The number of hydrogen-bond acceptors (Lipinski definition) is 10. The summed E-state index contributed by atoms with van der Waals surface area (Å²) in [5.74, 6) is -3.97. The third kappa shape index (κ3) is 7.99. The van der Waals surface area contributed by atoms with Crippen molar-refractivity contribution < 1.29 is 50.6 Å². The first-order valence-corrected chi connectivity index (χ1v) is 21.8. The van der Waals surface area contributed by atoms with Crippen LogP contribution >= 0.6 is 11.6 Å². The third-order valence-electron chi connectivity index (χ3n) is 12.3. The van der Waals surface area contributed by atoms with Gasteiger partial charge in [-0.3, -0.25) is 23.9 Å². The van der Waals surface area contributed by atoms with Gasteiger partial charge in [-0.1, -0.05) is 36.6 Å². The Morgan fingerprint density at radius 2 is 1.88 bits per heavy atom. The lowest BCUT2D eigenvalue weighted by atomic mass is 9.87. The van der Waals surface area contributed by atoms with Crippen LogP contribution in [-0.4, -0.2) is 83.2 Å². The highest BCUT2D eigenvalue weighted by Gasteiger charge is 2.64. The summed E-state index contributed by atoms with van der Waals surface area (Å²) < 4.78 is 74.7. The molecular weight excluding hydrogens is 798 g/mol. The molecule has 2 aliphatic carbocycles. The molecule has 17 heteroatoms. The molecule has 4 heterocycles. The number of fused-ring (bicyclic) bond motifs is 5. The number of amides is 3. The molecule has 1 aromatic carbocycles. The summed E-state index contributed by atoms with van der Waals surface area (Å²) in [4.78, 5) is 62.2. The first-order chi connectivity index (χ1) is 27.2. The van der Waals surface area contributed by atoms with Crippen LogP contribution in [0.25, 0.3) is 10.9 Å². The lowest BCUT2D eigenvalue weighted by Crippen LogP contribution is -2.57. The van der Waals surface area contributed by atoms with Crippen molar-refractivity contribution in [2.24, 2.45) is 11.8 Å². The number of sulfonamides is 1. The molecule has 1 aromatic heterocycles. The molecule has 58 heavy (non-hydrogen) atoms. The fourth-order valence-electron chi connectivity index (χ4n) is 8.61. The van der Waals surface area contributed by atoms with E-state index in [0.717, 1.165) is 12.8 Å². The zero-order valence-electron chi connectivity index (χ0n) is 33.4. The van der Waals surface area contributed by atoms with E-state index in [1.807, 2.05) is 12.2 Å². The molecule has 5 aliphatic rings. The van der Waals surface area contributed by atoms with Gasteiger partial charge >= 0.3 is 5.97 Å². The second kappa shape index (κ2) is 15.2. The van der Waals surface area contributed by atoms with Crippen LogP contribution in [-0.2, 0) is 40.4 Å². The molecule has 0 bridgehead atoms. The van der Waals surface area contributed by atoms with Crippen LogP contribution in [0.15, 0.2) is 24.3 Å². The van der Waals surface area contributed by atoms with Crippen LogP contribution in [0.1, 0.15) is 116 Å². The minimum atomic E-state index is -4.06. The number of nitrogens with one attached hydrogen (secondary N) is 2. The van der Waals surface area contributed by atoms with Crippen LogP contribution < -0.4 is 19.5 Å². The number of esters is 1. The van der Waals surface area contributed by atoms with E-state index >= 15 is 0 Å². The van der Waals surface area contributed by atoms with Crippen LogP contribution in [0.3, 0.4) is 0 Å². The Bertz CT molecular complexity index is 2180. The molecule has 1 spiro atoms. The van der Waals surface area contributed by atoms with E-state index in [0.29, 0.717) is 48.8 Å². The maximum atomic E-state index is 14.8. The molecule has 3 fully saturated rings. The number of aryl methyl sites for hydroxylation is 1. The van der Waals surface area contributed by atoms with Crippen LogP contribution in [0.2, 0.25) is 5.02 Å². The fourth-order valence-corrected chi connectivity index (χ4v) is 10.3. The Morgan fingerprint density at radius 3 is 2.55 bits per heavy atom. The summed E-state index contributed by atoms with van der Waals surface area (Å²) in [6.07, 6.45) is 4.62. The summed E-state index contributed by atoms with van der Waals surface area (Å²) in [6.45, 7) is 6.53. The molecule has 13 nitrogen and oxygen atoms in total. The SMILES string of the molecule is COc1ccc2nc(C(F)F)c3c(c2c1Cl)CC[C@]1(C[C@H]2C(=O)N[C@]4(C(=O)NS(=O)(=O)C5(C)CC5)C[C@H]4/C=C\CCCCC[C@H](CC(=O)OC(C)(C)C)C(=O)N2C1)O3. The number of pyridine rings is 1. The van der Waals surface area contributed by atoms with Gasteiger partial charge in [0, 0.05) is 29.2 Å². The summed E-state index contributed by atoms with van der Waals surface area (Å²) >= 11 is 6.72. The second-order valence-electron chi connectivity index (χ2n) is 17.8. The molecule has 0 radical (unpaired) electrons. The molecule has 2 N–H and O–H groups in total. The van der Waals surface area contributed by atoms with Gasteiger partial charge in [0.25, 0.3) is 12.3 Å². The van der Waals surface area contributed by atoms with E-state index in [1.165, 1.54) is 12.0 Å². The quantitative estimate of drug-likeness (QED) is 0.240. The summed E-state index contributed by atoms with van der Waals surface area (Å²) in [7, 11) is -2.63. The zero-order valence-corrected chi connectivity index (χ0v) is 35.0. The van der Waals surface area contributed by atoms with Crippen molar-refractivity contribution in [2.45, 2.75) is 139 Å². The first kappa shape index (κ1) is 42.1. The lowest BCUT2D eigenvalue weighted by molar-refractivity contribution is -0.159. The van der Waals surface area contributed by atoms with E-state index in [1.54, 1.807) is 39.8 Å². The number of carbonyl (C=O) groups is 4. The number of benzene rings is 1. The predicted molar refractivity (Wildman–Crippen MR) is 210 cm³/mol. The molecule has 1 saturated heterocycles. The number of nitrogens with zero attached hydrogens (tertiary/aromatic N) is 2. The standard InChI is InChI=1S/C41H51ClF2N4O9S/c1-38(2,3)56-29(49)19-23-11-9-7-6-8-10-12-24-20-41(24,37(52)47-58(53,54)39(4)17-18-39)46-35(50)27-21-40(22-48(27)36(23)51)16-15-25-30-26(13-14-28(55-5)31(30)42)45-32(34(43)44)33(25)57-40/h10,12-14,23-24,27,34H,6-9,11,15-22H2,1-5H3,(H,46,50)(H,47,52)/b12-10-/t23-,24-,27+,40-,41-/m1/s1. The van der Waals surface area contributed by atoms with E-state index in [-0.39, 0.29) is 54.9 Å². The number of halogens is 3. The largest absolute Gasteiger partial charge is 0.495 e. The van der Waals surface area contributed by atoms with E-state index in [2.05, 4.69) is 15.0 Å². The van der Waals surface area contributed by atoms with Gasteiger partial charge in [-0.2, -0.15) is 0 Å². The molecule has 316 valence electrons. The topological polar surface area (TPSA) is 170 Å². The molecular formula is C41H51ClF2N4O9S. The highest BCUT2D eigenvalue weighted by Crippen LogP contribution is 2.51. The summed E-state index contributed by atoms with van der Waals surface area (Å²) in [5, 5.41) is 3.42. The van der Waals surface area contributed by atoms with Gasteiger partial charge in [-0.25, -0.2) is 22.2 Å². The van der Waals surface area contributed by atoms with Gasteiger partial charge in [0.1, 0.15) is 34.2 Å². The number of methoxy groups -OCH3 is 1. The lowest BCUT2D eigenvalue weighted by Gasteiger charge is -2.37. The maximum absolute atomic E-state index is 14.8. The van der Waals surface area contributed by atoms with E-state index < -0.39 is 85.2 Å². The Balaban J connectivity index is 1.27. The molecule has 3 amide bonds. The van der Waals surface area contributed by atoms with Crippen molar-refractivity contribution in [3.8, 4) is 11.5 Å². The molecule has 0 unspecified atom stereocenters. The van der Waals surface area contributed by atoms with Crippen molar-refractivity contribution in [3.63, 3.8) is 0 Å². The van der Waals surface area contributed by atoms with Gasteiger partial charge in [-0.15, -0.1) is 0 Å². The Kier molecular flexibility index (Phi) is 11.0. The summed E-state index contributed by atoms with van der Waals surface area (Å²) in [5.41, 5.74) is -3.78. The van der Waals surface area contributed by atoms with Crippen molar-refractivity contribution in [3.05, 3.63) is 40.6 Å². The van der Waals surface area contributed by atoms with Crippen LogP contribution in [0.5, 0.6) is 11.5 Å². The molecule has 2 saturated carbocycles. The average Bonchev–Trinajstić information content (AvgIpc) is 4.03. The number of carbonyl (C=O) groups excluding carboxylic acids is 4. The number of ether oxygens (including phenoxy) is 3. The van der Waals surface area contributed by atoms with Gasteiger partial charge in [0.2, 0.25) is 21.8 Å². The predicted octanol–water partition coefficient (Wildman–Crippen LogP) is 6.24. The number of allylic oxidation sites excluding steroid dienone is 1. The van der Waals surface area contributed by atoms with Crippen molar-refractivity contribution in [1.82, 2.24) is 19.9 Å². The average molecular weight is 849 g/mol. The number of hydrogen-bond donors (Lipinski definition) is 2. The molecule has 7 rings (SSSR count). The Labute approximate surface area is 342 Å². The molecule has 2 aromatic rings.